The molecule has 0 aliphatic heterocycles. The van der Waals surface area contributed by atoms with Gasteiger partial charge in [-0.1, -0.05) is 24.3 Å². The summed E-state index contributed by atoms with van der Waals surface area (Å²) >= 11 is 0. The number of carbonyl (C=O) groups is 1. The first kappa shape index (κ1) is 12.9. The molecule has 0 radical (unpaired) electrons. The first-order valence-corrected chi connectivity index (χ1v) is 6.31. The SMILES string of the molecule is COCCNC(=O)N(C)[C@@H]1CCc2ccccc21. The van der Waals surface area contributed by atoms with Gasteiger partial charge in [0.05, 0.1) is 12.6 Å². The monoisotopic (exact) mass is 248 g/mol. The molecule has 4 nitrogen and oxygen atoms in total. The van der Waals surface area contributed by atoms with E-state index in [0.717, 1.165) is 12.8 Å². The van der Waals surface area contributed by atoms with Crippen LogP contribution in [0.4, 0.5) is 4.79 Å². The van der Waals surface area contributed by atoms with Crippen LogP contribution in [-0.2, 0) is 11.2 Å². The zero-order chi connectivity index (χ0) is 13.0. The molecule has 98 valence electrons. The molecule has 0 unspecified atom stereocenters. The summed E-state index contributed by atoms with van der Waals surface area (Å²) in [5, 5.41) is 2.85. The van der Waals surface area contributed by atoms with Gasteiger partial charge in [-0.3, -0.25) is 0 Å². The summed E-state index contributed by atoms with van der Waals surface area (Å²) in [4.78, 5) is 13.8. The number of nitrogens with one attached hydrogen (secondary N) is 1. The molecule has 4 heteroatoms. The van der Waals surface area contributed by atoms with Gasteiger partial charge in [0.15, 0.2) is 0 Å². The fourth-order valence-corrected chi connectivity index (χ4v) is 2.46. The van der Waals surface area contributed by atoms with E-state index in [2.05, 4.69) is 23.5 Å². The largest absolute Gasteiger partial charge is 0.383 e. The topological polar surface area (TPSA) is 41.6 Å². The second-order valence-electron chi connectivity index (χ2n) is 4.59. The van der Waals surface area contributed by atoms with Crippen molar-refractivity contribution in [2.24, 2.45) is 0 Å². The highest BCUT2D eigenvalue weighted by molar-refractivity contribution is 5.74. The number of ether oxygens (including phenoxy) is 1. The average molecular weight is 248 g/mol. The van der Waals surface area contributed by atoms with Gasteiger partial charge in [0.25, 0.3) is 0 Å². The Kier molecular flexibility index (Phi) is 4.20. The zero-order valence-electron chi connectivity index (χ0n) is 11.0. The van der Waals surface area contributed by atoms with E-state index >= 15 is 0 Å². The zero-order valence-corrected chi connectivity index (χ0v) is 11.0. The van der Waals surface area contributed by atoms with Crippen LogP contribution in [0, 0.1) is 0 Å². The number of amides is 2. The molecule has 0 saturated heterocycles. The third-order valence-corrected chi connectivity index (χ3v) is 3.47. The van der Waals surface area contributed by atoms with E-state index in [0.29, 0.717) is 13.2 Å². The fourth-order valence-electron chi connectivity index (χ4n) is 2.46. The standard InChI is InChI=1S/C14H20N2O2/c1-16(14(17)15-9-10-18-2)13-8-7-11-5-3-4-6-12(11)13/h3-6,13H,7-10H2,1-2H3,(H,15,17)/t13-/m1/s1. The summed E-state index contributed by atoms with van der Waals surface area (Å²) in [6.45, 7) is 1.09. The Morgan fingerprint density at radius 2 is 2.28 bits per heavy atom. The lowest BCUT2D eigenvalue weighted by molar-refractivity contribution is 0.175. The van der Waals surface area contributed by atoms with Crippen molar-refractivity contribution >= 4 is 6.03 Å². The van der Waals surface area contributed by atoms with Gasteiger partial charge in [-0.25, -0.2) is 4.79 Å². The highest BCUT2D eigenvalue weighted by Crippen LogP contribution is 2.34. The van der Waals surface area contributed by atoms with Crippen LogP contribution in [0.15, 0.2) is 24.3 Å². The van der Waals surface area contributed by atoms with E-state index in [4.69, 9.17) is 4.74 Å². The maximum atomic E-state index is 12.0. The van der Waals surface area contributed by atoms with Crippen LogP contribution >= 0.6 is 0 Å². The van der Waals surface area contributed by atoms with Crippen LogP contribution in [0.5, 0.6) is 0 Å². The fraction of sp³-hybridized carbons (Fsp3) is 0.500. The molecule has 1 atom stereocenters. The summed E-state index contributed by atoms with van der Waals surface area (Å²) in [6.07, 6.45) is 2.06. The minimum Gasteiger partial charge on any atom is -0.383 e. The molecule has 0 bridgehead atoms. The summed E-state index contributed by atoms with van der Waals surface area (Å²) in [5.74, 6) is 0. The molecule has 1 aromatic carbocycles. The van der Waals surface area contributed by atoms with Crippen LogP contribution in [-0.4, -0.2) is 38.2 Å². The third kappa shape index (κ3) is 2.64. The minimum absolute atomic E-state index is 0.0336. The molecule has 1 aliphatic carbocycles. The molecular formula is C14H20N2O2. The van der Waals surface area contributed by atoms with Crippen molar-refractivity contribution < 1.29 is 9.53 Å². The molecule has 1 aromatic rings. The minimum atomic E-state index is -0.0336. The van der Waals surface area contributed by atoms with Crippen LogP contribution in [0.25, 0.3) is 0 Å². The Morgan fingerprint density at radius 3 is 3.06 bits per heavy atom. The Hall–Kier alpha value is -1.55. The predicted octanol–water partition coefficient (Wildman–Crippen LogP) is 1.96. The summed E-state index contributed by atoms with van der Waals surface area (Å²) in [6, 6.07) is 8.52. The van der Waals surface area contributed by atoms with Crippen molar-refractivity contribution in [3.05, 3.63) is 35.4 Å². The number of fused-ring (bicyclic) bond motifs is 1. The number of carbonyl (C=O) groups excluding carboxylic acids is 1. The summed E-state index contributed by atoms with van der Waals surface area (Å²) in [7, 11) is 3.48. The van der Waals surface area contributed by atoms with Crippen molar-refractivity contribution in [1.29, 1.82) is 0 Å². The molecular weight excluding hydrogens is 228 g/mol. The van der Waals surface area contributed by atoms with E-state index < -0.39 is 0 Å². The van der Waals surface area contributed by atoms with Gasteiger partial charge in [0, 0.05) is 20.7 Å². The Balaban J connectivity index is 1.98. The molecule has 18 heavy (non-hydrogen) atoms. The first-order valence-electron chi connectivity index (χ1n) is 6.31. The van der Waals surface area contributed by atoms with E-state index in [9.17, 15) is 4.79 Å². The number of benzene rings is 1. The molecule has 0 saturated carbocycles. The molecule has 2 rings (SSSR count). The van der Waals surface area contributed by atoms with Crippen LogP contribution in [0.1, 0.15) is 23.6 Å². The normalized spacial score (nSPS) is 17.3. The van der Waals surface area contributed by atoms with Gasteiger partial charge in [-0.05, 0) is 24.0 Å². The van der Waals surface area contributed by atoms with Gasteiger partial charge >= 0.3 is 6.03 Å². The van der Waals surface area contributed by atoms with Crippen LogP contribution < -0.4 is 5.32 Å². The van der Waals surface area contributed by atoms with E-state index in [1.165, 1.54) is 11.1 Å². The maximum Gasteiger partial charge on any atom is 0.317 e. The van der Waals surface area contributed by atoms with Crippen molar-refractivity contribution in [3.63, 3.8) is 0 Å². The van der Waals surface area contributed by atoms with E-state index in [1.54, 1.807) is 12.0 Å². The van der Waals surface area contributed by atoms with Gasteiger partial charge in [0.1, 0.15) is 0 Å². The van der Waals surface area contributed by atoms with Crippen molar-refractivity contribution in [1.82, 2.24) is 10.2 Å². The van der Waals surface area contributed by atoms with Crippen molar-refractivity contribution in [3.8, 4) is 0 Å². The van der Waals surface area contributed by atoms with Gasteiger partial charge in [-0.15, -0.1) is 0 Å². The quantitative estimate of drug-likeness (QED) is 0.828. The highest BCUT2D eigenvalue weighted by atomic mass is 16.5. The van der Waals surface area contributed by atoms with Crippen LogP contribution in [0.2, 0.25) is 0 Å². The predicted molar refractivity (Wildman–Crippen MR) is 70.5 cm³/mol. The number of nitrogens with zero attached hydrogens (tertiary/aromatic N) is 1. The third-order valence-electron chi connectivity index (χ3n) is 3.47. The number of urea groups is 1. The number of hydrogen-bond acceptors (Lipinski definition) is 2. The average Bonchev–Trinajstić information content (AvgIpc) is 2.82. The van der Waals surface area contributed by atoms with E-state index in [1.807, 2.05) is 13.1 Å². The summed E-state index contributed by atoms with van der Waals surface area (Å²) in [5.41, 5.74) is 2.64. The molecule has 0 aromatic heterocycles. The molecule has 0 fully saturated rings. The molecule has 0 spiro atoms. The Labute approximate surface area is 108 Å². The summed E-state index contributed by atoms with van der Waals surface area (Å²) < 4.78 is 4.92. The smallest absolute Gasteiger partial charge is 0.317 e. The second-order valence-corrected chi connectivity index (χ2v) is 4.59. The maximum absolute atomic E-state index is 12.0. The van der Waals surface area contributed by atoms with Crippen molar-refractivity contribution in [2.45, 2.75) is 18.9 Å². The van der Waals surface area contributed by atoms with Gasteiger partial charge < -0.3 is 15.0 Å². The highest BCUT2D eigenvalue weighted by Gasteiger charge is 2.27. The Morgan fingerprint density at radius 1 is 1.50 bits per heavy atom. The Bertz CT molecular complexity index is 420. The molecule has 0 heterocycles. The van der Waals surface area contributed by atoms with E-state index in [-0.39, 0.29) is 12.1 Å². The van der Waals surface area contributed by atoms with Crippen LogP contribution in [0.3, 0.4) is 0 Å². The number of hydrogen-bond donors (Lipinski definition) is 1. The number of methoxy groups -OCH3 is 1. The molecule has 2 amide bonds. The number of aryl methyl sites for hydroxylation is 1. The van der Waals surface area contributed by atoms with Crippen molar-refractivity contribution in [2.75, 3.05) is 27.3 Å². The molecule has 1 aliphatic rings. The first-order chi connectivity index (χ1) is 8.74. The lowest BCUT2D eigenvalue weighted by Crippen LogP contribution is -2.40. The lowest BCUT2D eigenvalue weighted by Gasteiger charge is -2.25. The van der Waals surface area contributed by atoms with Gasteiger partial charge in [0.2, 0.25) is 0 Å². The number of rotatable bonds is 4. The molecule has 1 N–H and O–H groups in total. The lowest BCUT2D eigenvalue weighted by atomic mass is 10.1. The van der Waals surface area contributed by atoms with Gasteiger partial charge in [-0.2, -0.15) is 0 Å². The second kappa shape index (κ2) is 5.87.